The van der Waals surface area contributed by atoms with E-state index in [1.165, 1.54) is 25.4 Å². The fourth-order valence-corrected chi connectivity index (χ4v) is 6.27. The van der Waals surface area contributed by atoms with Gasteiger partial charge in [0.1, 0.15) is 5.75 Å². The van der Waals surface area contributed by atoms with E-state index in [0.29, 0.717) is 36.4 Å². The van der Waals surface area contributed by atoms with E-state index in [1.807, 2.05) is 36.4 Å². The van der Waals surface area contributed by atoms with Crippen LogP contribution in [0.15, 0.2) is 74.1 Å². The number of aromatic hydroxyl groups is 1. The number of ether oxygens (including phenoxy) is 2. The first-order valence-electron chi connectivity index (χ1n) is 11.4. The van der Waals surface area contributed by atoms with E-state index in [1.54, 1.807) is 36.8 Å². The average Bonchev–Trinajstić information content (AvgIpc) is 3.18. The maximum absolute atomic E-state index is 13.9. The SMILES string of the molecule is COc1cc(C=c2sc3n(c2=O)C(c2c(OC)ccc4ccccc24)C(C(C)=O)=C(C)N=3)cc(Br)c1O. The Balaban J connectivity index is 1.84. The van der Waals surface area contributed by atoms with Gasteiger partial charge in [-0.25, -0.2) is 4.99 Å². The van der Waals surface area contributed by atoms with E-state index in [0.717, 1.165) is 16.3 Å². The number of rotatable bonds is 5. The number of benzene rings is 3. The van der Waals surface area contributed by atoms with Crippen LogP contribution in [-0.4, -0.2) is 29.7 Å². The van der Waals surface area contributed by atoms with E-state index < -0.39 is 6.04 Å². The van der Waals surface area contributed by atoms with E-state index in [4.69, 9.17) is 9.47 Å². The van der Waals surface area contributed by atoms with E-state index >= 15 is 0 Å². The fraction of sp³-hybridized carbons (Fsp3) is 0.179. The molecule has 0 fully saturated rings. The Hall–Kier alpha value is -3.69. The normalized spacial score (nSPS) is 15.5. The molecule has 1 aromatic heterocycles. The molecule has 0 bridgehead atoms. The monoisotopic (exact) mass is 578 g/mol. The van der Waals surface area contributed by atoms with E-state index in [9.17, 15) is 14.7 Å². The number of hydrogen-bond acceptors (Lipinski definition) is 7. The van der Waals surface area contributed by atoms with Gasteiger partial charge in [0.15, 0.2) is 22.1 Å². The number of fused-ring (bicyclic) bond motifs is 2. The minimum Gasteiger partial charge on any atom is -0.503 e. The number of carbonyl (C=O) groups is 1. The van der Waals surface area contributed by atoms with Crippen LogP contribution in [-0.2, 0) is 4.79 Å². The standard InChI is InChI=1S/C28H23BrN2O5S/c1-14-23(15(2)32)25(24-18-8-6-5-7-17(18)9-10-20(24)35-3)31-27(34)22(37-28(31)30-14)13-16-11-19(29)26(33)21(12-16)36-4/h5-13,25,33H,1-4H3. The second-order valence-electron chi connectivity index (χ2n) is 8.59. The van der Waals surface area contributed by atoms with Crippen LogP contribution in [0.4, 0.5) is 0 Å². The lowest BCUT2D eigenvalue weighted by Gasteiger charge is -2.27. The molecule has 9 heteroatoms. The summed E-state index contributed by atoms with van der Waals surface area (Å²) in [6, 6.07) is 14.3. The van der Waals surface area contributed by atoms with Crippen molar-refractivity contribution in [2.45, 2.75) is 19.9 Å². The third-order valence-electron chi connectivity index (χ3n) is 6.39. The van der Waals surface area contributed by atoms with Crippen molar-refractivity contribution in [3.8, 4) is 17.2 Å². The van der Waals surface area contributed by atoms with Crippen molar-refractivity contribution < 1.29 is 19.4 Å². The Morgan fingerprint density at radius 2 is 1.86 bits per heavy atom. The third-order valence-corrected chi connectivity index (χ3v) is 7.98. The van der Waals surface area contributed by atoms with Gasteiger partial charge in [0.2, 0.25) is 0 Å². The summed E-state index contributed by atoms with van der Waals surface area (Å²) < 4.78 is 13.5. The third kappa shape index (κ3) is 4.18. The van der Waals surface area contributed by atoms with Crippen LogP contribution in [0.2, 0.25) is 0 Å². The molecule has 0 aliphatic carbocycles. The summed E-state index contributed by atoms with van der Waals surface area (Å²) in [4.78, 5) is 32.0. The highest BCUT2D eigenvalue weighted by molar-refractivity contribution is 9.10. The van der Waals surface area contributed by atoms with Crippen LogP contribution in [0.25, 0.3) is 16.8 Å². The molecule has 0 spiro atoms. The molecule has 4 aromatic rings. The number of thiazole rings is 1. The Bertz CT molecular complexity index is 1800. The Morgan fingerprint density at radius 3 is 2.57 bits per heavy atom. The number of hydrogen-bond donors (Lipinski definition) is 1. The molecule has 37 heavy (non-hydrogen) atoms. The quantitative estimate of drug-likeness (QED) is 0.377. The zero-order valence-corrected chi connectivity index (χ0v) is 22.9. The number of phenolic OH excluding ortho intramolecular Hbond substituents is 1. The van der Waals surface area contributed by atoms with Crippen molar-refractivity contribution in [1.82, 2.24) is 4.57 Å². The molecule has 1 atom stereocenters. The number of nitrogens with zero attached hydrogens (tertiary/aromatic N) is 2. The number of halogens is 1. The van der Waals surface area contributed by atoms with Crippen LogP contribution in [0.1, 0.15) is 31.0 Å². The van der Waals surface area contributed by atoms with Crippen molar-refractivity contribution in [3.63, 3.8) is 0 Å². The molecule has 1 aliphatic rings. The lowest BCUT2D eigenvalue weighted by molar-refractivity contribution is -0.114. The summed E-state index contributed by atoms with van der Waals surface area (Å²) in [5.74, 6) is 0.675. The number of aromatic nitrogens is 1. The fourth-order valence-electron chi connectivity index (χ4n) is 4.76. The summed E-state index contributed by atoms with van der Waals surface area (Å²) in [6.07, 6.45) is 1.72. The molecule has 0 amide bonds. The van der Waals surface area contributed by atoms with Crippen LogP contribution in [0.3, 0.4) is 0 Å². The molecule has 0 saturated carbocycles. The summed E-state index contributed by atoms with van der Waals surface area (Å²) in [5.41, 5.74) is 2.13. The van der Waals surface area contributed by atoms with E-state index in [2.05, 4.69) is 20.9 Å². The molecule has 188 valence electrons. The molecular weight excluding hydrogens is 556 g/mol. The molecule has 1 aliphatic heterocycles. The van der Waals surface area contributed by atoms with Crippen LogP contribution >= 0.6 is 27.3 Å². The van der Waals surface area contributed by atoms with Crippen molar-refractivity contribution in [2.75, 3.05) is 14.2 Å². The maximum Gasteiger partial charge on any atom is 0.271 e. The topological polar surface area (TPSA) is 90.1 Å². The van der Waals surface area contributed by atoms with Gasteiger partial charge in [-0.3, -0.25) is 14.2 Å². The summed E-state index contributed by atoms with van der Waals surface area (Å²) in [5, 5.41) is 12.0. The van der Waals surface area contributed by atoms with Gasteiger partial charge >= 0.3 is 0 Å². The van der Waals surface area contributed by atoms with Crippen molar-refractivity contribution in [3.05, 3.63) is 95.1 Å². The van der Waals surface area contributed by atoms with Crippen LogP contribution in [0.5, 0.6) is 17.2 Å². The van der Waals surface area contributed by atoms with Crippen LogP contribution < -0.4 is 24.4 Å². The highest BCUT2D eigenvalue weighted by atomic mass is 79.9. The molecule has 7 nitrogen and oxygen atoms in total. The van der Waals surface area contributed by atoms with Gasteiger partial charge < -0.3 is 14.6 Å². The molecule has 2 heterocycles. The molecule has 3 aromatic carbocycles. The number of ketones is 1. The Labute approximate surface area is 224 Å². The van der Waals surface area contributed by atoms with Gasteiger partial charge in [-0.05, 0) is 70.4 Å². The average molecular weight is 579 g/mol. The van der Waals surface area contributed by atoms with Crippen molar-refractivity contribution in [1.29, 1.82) is 0 Å². The Kier molecular flexibility index (Phi) is 6.51. The predicted octanol–water partition coefficient (Wildman–Crippen LogP) is 4.46. The van der Waals surface area contributed by atoms with Gasteiger partial charge in [-0.1, -0.05) is 41.7 Å². The van der Waals surface area contributed by atoms with E-state index in [-0.39, 0.29) is 22.8 Å². The van der Waals surface area contributed by atoms with Gasteiger partial charge in [-0.15, -0.1) is 0 Å². The minimum absolute atomic E-state index is 0.0223. The van der Waals surface area contributed by atoms with Gasteiger partial charge in [-0.2, -0.15) is 0 Å². The Morgan fingerprint density at radius 1 is 1.14 bits per heavy atom. The summed E-state index contributed by atoms with van der Waals surface area (Å²) in [7, 11) is 3.04. The van der Waals surface area contributed by atoms with Crippen LogP contribution in [0, 0.1) is 0 Å². The number of Topliss-reactive ketones (excluding diaryl/α,β-unsaturated/α-hetero) is 1. The predicted molar refractivity (Wildman–Crippen MR) is 147 cm³/mol. The highest BCUT2D eigenvalue weighted by Crippen LogP contribution is 2.40. The van der Waals surface area contributed by atoms with Gasteiger partial charge in [0.05, 0.1) is 29.3 Å². The minimum atomic E-state index is -0.710. The molecule has 5 rings (SSSR count). The first kappa shape index (κ1) is 25.0. The second kappa shape index (κ2) is 9.64. The number of phenols is 1. The highest BCUT2D eigenvalue weighted by Gasteiger charge is 2.33. The maximum atomic E-state index is 13.9. The largest absolute Gasteiger partial charge is 0.503 e. The number of allylic oxidation sites excluding steroid dienone is 2. The lowest BCUT2D eigenvalue weighted by atomic mass is 9.89. The first-order valence-corrected chi connectivity index (χ1v) is 13.0. The molecule has 0 radical (unpaired) electrons. The van der Waals surface area contributed by atoms with Gasteiger partial charge in [0.25, 0.3) is 5.56 Å². The molecule has 1 N–H and O–H groups in total. The molecule has 1 unspecified atom stereocenters. The lowest BCUT2D eigenvalue weighted by Crippen LogP contribution is -2.39. The zero-order chi connectivity index (χ0) is 26.4. The second-order valence-corrected chi connectivity index (χ2v) is 10.5. The number of methoxy groups -OCH3 is 2. The first-order chi connectivity index (χ1) is 17.7. The molecular formula is C28H23BrN2O5S. The summed E-state index contributed by atoms with van der Waals surface area (Å²) in [6.45, 7) is 3.29. The molecule has 0 saturated heterocycles. The van der Waals surface area contributed by atoms with Gasteiger partial charge in [0, 0.05) is 16.8 Å². The van der Waals surface area contributed by atoms with Crippen molar-refractivity contribution in [2.24, 2.45) is 4.99 Å². The summed E-state index contributed by atoms with van der Waals surface area (Å²) >= 11 is 4.57. The smallest absolute Gasteiger partial charge is 0.271 e. The van der Waals surface area contributed by atoms with Crippen molar-refractivity contribution >= 4 is 49.9 Å². The number of carbonyl (C=O) groups excluding carboxylic acids is 1. The zero-order valence-electron chi connectivity index (χ0n) is 20.5.